The summed E-state index contributed by atoms with van der Waals surface area (Å²) in [5, 5.41) is 11.2. The zero-order valence-corrected chi connectivity index (χ0v) is 15.0. The molecule has 0 saturated carbocycles. The van der Waals surface area contributed by atoms with Gasteiger partial charge in [-0.1, -0.05) is 30.3 Å². The van der Waals surface area contributed by atoms with Crippen molar-refractivity contribution in [3.63, 3.8) is 0 Å². The molecule has 1 aliphatic rings. The number of nitro benzene ring substituents is 1. The lowest BCUT2D eigenvalue weighted by molar-refractivity contribution is -0.385. The smallest absolute Gasteiger partial charge is 0.311 e. The van der Waals surface area contributed by atoms with Crippen molar-refractivity contribution < 1.29 is 14.5 Å². The van der Waals surface area contributed by atoms with E-state index < -0.39 is 4.92 Å². The topological polar surface area (TPSA) is 72.7 Å². The van der Waals surface area contributed by atoms with Crippen LogP contribution in [0.5, 0.6) is 5.75 Å². The van der Waals surface area contributed by atoms with Crippen molar-refractivity contribution in [3.8, 4) is 5.75 Å². The number of nitro groups is 1. The molecule has 26 heavy (non-hydrogen) atoms. The zero-order chi connectivity index (χ0) is 18.7. The van der Waals surface area contributed by atoms with Gasteiger partial charge in [0.15, 0.2) is 12.4 Å². The highest BCUT2D eigenvalue weighted by Crippen LogP contribution is 2.33. The summed E-state index contributed by atoms with van der Waals surface area (Å²) < 4.78 is 5.48. The van der Waals surface area contributed by atoms with Crippen molar-refractivity contribution in [1.29, 1.82) is 0 Å². The van der Waals surface area contributed by atoms with Crippen LogP contribution in [-0.2, 0) is 11.2 Å². The summed E-state index contributed by atoms with van der Waals surface area (Å²) in [6, 6.07) is 12.9. The molecule has 0 bridgehead atoms. The molecule has 0 saturated heterocycles. The van der Waals surface area contributed by atoms with Gasteiger partial charge in [0, 0.05) is 13.1 Å². The SMILES string of the molecule is Cc1ccc(OCC(=O)N(C)[C@@H]2CCCc3ccccc32)c([N+](=O)[O-])c1. The van der Waals surface area contributed by atoms with E-state index in [0.29, 0.717) is 0 Å². The van der Waals surface area contributed by atoms with E-state index in [2.05, 4.69) is 12.1 Å². The van der Waals surface area contributed by atoms with Crippen molar-refractivity contribution in [2.45, 2.75) is 32.2 Å². The normalized spacial score (nSPS) is 15.8. The monoisotopic (exact) mass is 354 g/mol. The number of amides is 1. The minimum absolute atomic E-state index is 0.0176. The van der Waals surface area contributed by atoms with Gasteiger partial charge < -0.3 is 9.64 Å². The molecule has 2 aromatic rings. The molecule has 0 aromatic heterocycles. The Labute approximate surface area is 152 Å². The van der Waals surface area contributed by atoms with Gasteiger partial charge in [-0.15, -0.1) is 0 Å². The molecule has 1 amide bonds. The third-order valence-electron chi connectivity index (χ3n) is 4.86. The first-order chi connectivity index (χ1) is 12.5. The molecule has 2 aromatic carbocycles. The summed E-state index contributed by atoms with van der Waals surface area (Å²) in [4.78, 5) is 25.0. The third kappa shape index (κ3) is 3.69. The zero-order valence-electron chi connectivity index (χ0n) is 15.0. The van der Waals surface area contributed by atoms with Crippen molar-refractivity contribution in [2.75, 3.05) is 13.7 Å². The lowest BCUT2D eigenvalue weighted by Crippen LogP contribution is -2.36. The van der Waals surface area contributed by atoms with Gasteiger partial charge in [-0.05, 0) is 48.9 Å². The van der Waals surface area contributed by atoms with Gasteiger partial charge in [0.05, 0.1) is 11.0 Å². The largest absolute Gasteiger partial charge is 0.477 e. The Balaban J connectivity index is 1.71. The molecule has 1 atom stereocenters. The van der Waals surface area contributed by atoms with E-state index in [1.807, 2.05) is 12.1 Å². The van der Waals surface area contributed by atoms with E-state index in [1.165, 1.54) is 23.3 Å². The van der Waals surface area contributed by atoms with Crippen LogP contribution < -0.4 is 4.74 Å². The lowest BCUT2D eigenvalue weighted by Gasteiger charge is -2.33. The Kier molecular flexibility index (Phi) is 5.21. The van der Waals surface area contributed by atoms with Crippen LogP contribution in [0.1, 0.15) is 35.6 Å². The maximum absolute atomic E-state index is 12.6. The highest BCUT2D eigenvalue weighted by atomic mass is 16.6. The number of nitrogens with zero attached hydrogens (tertiary/aromatic N) is 2. The van der Waals surface area contributed by atoms with Gasteiger partial charge in [0.2, 0.25) is 0 Å². The van der Waals surface area contributed by atoms with Gasteiger partial charge >= 0.3 is 5.69 Å². The van der Waals surface area contributed by atoms with Crippen LogP contribution in [0.3, 0.4) is 0 Å². The highest BCUT2D eigenvalue weighted by molar-refractivity contribution is 5.78. The number of benzene rings is 2. The molecule has 0 radical (unpaired) electrons. The Hall–Kier alpha value is -2.89. The predicted octanol–water partition coefficient (Wildman–Crippen LogP) is 3.82. The number of ether oxygens (including phenoxy) is 1. The molecule has 1 aliphatic carbocycles. The third-order valence-corrected chi connectivity index (χ3v) is 4.86. The molecule has 0 fully saturated rings. The summed E-state index contributed by atoms with van der Waals surface area (Å²) >= 11 is 0. The second-order valence-corrected chi connectivity index (χ2v) is 6.63. The van der Waals surface area contributed by atoms with Crippen LogP contribution in [-0.4, -0.2) is 29.4 Å². The number of hydrogen-bond acceptors (Lipinski definition) is 4. The fraction of sp³-hybridized carbons (Fsp3) is 0.350. The Morgan fingerprint density at radius 1 is 1.31 bits per heavy atom. The molecule has 0 N–H and O–H groups in total. The number of carbonyl (C=O) groups excluding carboxylic acids is 1. The second-order valence-electron chi connectivity index (χ2n) is 6.63. The minimum Gasteiger partial charge on any atom is -0.477 e. The number of carbonyl (C=O) groups is 1. The van der Waals surface area contributed by atoms with Crippen LogP contribution in [0.25, 0.3) is 0 Å². The van der Waals surface area contributed by atoms with Crippen molar-refractivity contribution in [1.82, 2.24) is 4.90 Å². The van der Waals surface area contributed by atoms with Crippen LogP contribution in [0.4, 0.5) is 5.69 Å². The summed E-state index contributed by atoms with van der Waals surface area (Å²) in [6.45, 7) is 1.55. The summed E-state index contributed by atoms with van der Waals surface area (Å²) in [7, 11) is 1.77. The average molecular weight is 354 g/mol. The average Bonchev–Trinajstić information content (AvgIpc) is 2.65. The molecule has 136 valence electrons. The fourth-order valence-electron chi connectivity index (χ4n) is 3.44. The summed E-state index contributed by atoms with van der Waals surface area (Å²) in [6.07, 6.45) is 2.97. The van der Waals surface area contributed by atoms with E-state index in [4.69, 9.17) is 4.74 Å². The molecular weight excluding hydrogens is 332 g/mol. The standard InChI is InChI=1S/C20H22N2O4/c1-14-10-11-19(18(12-14)22(24)25)26-13-20(23)21(2)17-9-5-7-15-6-3-4-8-16(15)17/h3-4,6,8,10-12,17H,5,7,9,13H2,1-2H3/t17-/m1/s1. The van der Waals surface area contributed by atoms with Crippen LogP contribution in [0.2, 0.25) is 0 Å². The lowest BCUT2D eigenvalue weighted by atomic mass is 9.87. The molecule has 0 spiro atoms. The predicted molar refractivity (Wildman–Crippen MR) is 98.2 cm³/mol. The number of hydrogen-bond donors (Lipinski definition) is 0. The quantitative estimate of drug-likeness (QED) is 0.604. The first-order valence-corrected chi connectivity index (χ1v) is 8.68. The summed E-state index contributed by atoms with van der Waals surface area (Å²) in [5.74, 6) is -0.0760. The van der Waals surface area contributed by atoms with Gasteiger partial charge in [-0.25, -0.2) is 0 Å². The van der Waals surface area contributed by atoms with Gasteiger partial charge in [0.1, 0.15) is 0 Å². The molecule has 3 rings (SSSR count). The van der Waals surface area contributed by atoms with Crippen LogP contribution in [0.15, 0.2) is 42.5 Å². The van der Waals surface area contributed by atoms with Gasteiger partial charge in [0.25, 0.3) is 5.91 Å². The number of rotatable bonds is 5. The minimum atomic E-state index is -0.492. The molecule has 0 unspecified atom stereocenters. The molecular formula is C20H22N2O4. The second kappa shape index (κ2) is 7.56. The molecule has 0 heterocycles. The van der Waals surface area contributed by atoms with Crippen molar-refractivity contribution in [2.24, 2.45) is 0 Å². The van der Waals surface area contributed by atoms with Crippen molar-refractivity contribution >= 4 is 11.6 Å². The van der Waals surface area contributed by atoms with E-state index in [0.717, 1.165) is 24.8 Å². The molecule has 6 heteroatoms. The molecule has 0 aliphatic heterocycles. The Bertz CT molecular complexity index is 834. The number of likely N-dealkylation sites (N-methyl/N-ethyl adjacent to an activating group) is 1. The van der Waals surface area contributed by atoms with Crippen LogP contribution in [0, 0.1) is 17.0 Å². The van der Waals surface area contributed by atoms with E-state index in [1.54, 1.807) is 24.9 Å². The van der Waals surface area contributed by atoms with E-state index in [9.17, 15) is 14.9 Å². The maximum atomic E-state index is 12.6. The maximum Gasteiger partial charge on any atom is 0.311 e. The van der Waals surface area contributed by atoms with E-state index in [-0.39, 0.29) is 30.0 Å². The first-order valence-electron chi connectivity index (χ1n) is 8.68. The Morgan fingerprint density at radius 2 is 2.08 bits per heavy atom. The molecule has 6 nitrogen and oxygen atoms in total. The first kappa shape index (κ1) is 17.9. The fourth-order valence-corrected chi connectivity index (χ4v) is 3.44. The summed E-state index contributed by atoms with van der Waals surface area (Å²) in [5.41, 5.74) is 3.10. The van der Waals surface area contributed by atoms with Crippen LogP contribution >= 0.6 is 0 Å². The number of aryl methyl sites for hydroxylation is 2. The Morgan fingerprint density at radius 3 is 2.85 bits per heavy atom. The van der Waals surface area contributed by atoms with Gasteiger partial charge in [-0.3, -0.25) is 14.9 Å². The van der Waals surface area contributed by atoms with Crippen molar-refractivity contribution in [3.05, 3.63) is 69.3 Å². The van der Waals surface area contributed by atoms with E-state index >= 15 is 0 Å². The highest BCUT2D eigenvalue weighted by Gasteiger charge is 2.27. The number of fused-ring (bicyclic) bond motifs is 1. The van der Waals surface area contributed by atoms with Gasteiger partial charge in [-0.2, -0.15) is 0 Å².